The van der Waals surface area contributed by atoms with E-state index >= 15 is 0 Å². The second-order valence-corrected chi connectivity index (χ2v) is 7.74. The predicted octanol–water partition coefficient (Wildman–Crippen LogP) is 4.42. The number of nitrogens with zero attached hydrogens (tertiary/aromatic N) is 2. The van der Waals surface area contributed by atoms with Gasteiger partial charge < -0.3 is 9.47 Å². The maximum atomic E-state index is 13.0. The summed E-state index contributed by atoms with van der Waals surface area (Å²) in [5.74, 6) is 0.731. The molecule has 0 N–H and O–H groups in total. The lowest BCUT2D eigenvalue weighted by molar-refractivity contribution is 0.210. The van der Waals surface area contributed by atoms with Crippen LogP contribution >= 0.6 is 27.5 Å². The summed E-state index contributed by atoms with van der Waals surface area (Å²) in [5, 5.41) is 0.451. The molecule has 1 atom stereocenters. The van der Waals surface area contributed by atoms with Gasteiger partial charge in [-0.2, -0.15) is 0 Å². The Balaban J connectivity index is 2.30. The number of anilines is 1. The number of methoxy groups -OCH3 is 1. The monoisotopic (exact) mass is 432 g/mol. The van der Waals surface area contributed by atoms with Crippen LogP contribution in [0.2, 0.25) is 5.02 Å². The summed E-state index contributed by atoms with van der Waals surface area (Å²) < 4.78 is 25.9. The maximum Gasteiger partial charge on any atom is 0.155 e. The molecule has 1 aromatic carbocycles. The van der Waals surface area contributed by atoms with Crippen molar-refractivity contribution in [3.8, 4) is 5.75 Å². The Morgan fingerprint density at radius 3 is 2.58 bits per heavy atom. The first-order valence-electron chi connectivity index (χ1n) is 7.18. The Labute approximate surface area is 157 Å². The fourth-order valence-electron chi connectivity index (χ4n) is 1.94. The Morgan fingerprint density at radius 1 is 1.33 bits per heavy atom. The van der Waals surface area contributed by atoms with Crippen molar-refractivity contribution < 1.29 is 13.7 Å². The molecule has 2 rings (SSSR count). The summed E-state index contributed by atoms with van der Waals surface area (Å²) in [5.41, 5.74) is 0.588. The van der Waals surface area contributed by atoms with E-state index in [0.717, 1.165) is 5.75 Å². The van der Waals surface area contributed by atoms with Crippen LogP contribution in [-0.2, 0) is 15.7 Å². The molecule has 5 nitrogen and oxygen atoms in total. The van der Waals surface area contributed by atoms with Gasteiger partial charge in [0.15, 0.2) is 11.0 Å². The Bertz CT molecular complexity index is 713. The van der Waals surface area contributed by atoms with Crippen molar-refractivity contribution in [2.24, 2.45) is 0 Å². The third-order valence-electron chi connectivity index (χ3n) is 2.90. The van der Waals surface area contributed by atoms with Crippen molar-refractivity contribution in [3.63, 3.8) is 0 Å². The molecule has 8 heteroatoms. The second kappa shape index (κ2) is 8.80. The lowest BCUT2D eigenvalue weighted by Gasteiger charge is -2.23. The molecule has 24 heavy (non-hydrogen) atoms. The molecule has 2 aromatic rings. The number of hydrogen-bond donors (Lipinski definition) is 0. The van der Waals surface area contributed by atoms with Gasteiger partial charge in [-0.15, -0.1) is 0 Å². The Kier molecular flexibility index (Phi) is 7.03. The average molecular weight is 434 g/mol. The van der Waals surface area contributed by atoms with E-state index in [9.17, 15) is 4.21 Å². The second-order valence-electron chi connectivity index (χ2n) is 5.15. The van der Waals surface area contributed by atoms with Gasteiger partial charge in [-0.25, -0.2) is 9.19 Å². The van der Waals surface area contributed by atoms with Crippen LogP contribution in [0.5, 0.6) is 5.75 Å². The topological polar surface area (TPSA) is 51.7 Å². The molecular weight excluding hydrogens is 416 g/mol. The summed E-state index contributed by atoms with van der Waals surface area (Å²) >= 11 is 9.37. The van der Waals surface area contributed by atoms with Crippen LogP contribution in [0.1, 0.15) is 13.8 Å². The van der Waals surface area contributed by atoms with E-state index in [1.807, 2.05) is 13.8 Å². The molecule has 1 unspecified atom stereocenters. The number of aromatic nitrogens is 1. The van der Waals surface area contributed by atoms with Gasteiger partial charge >= 0.3 is 0 Å². The summed E-state index contributed by atoms with van der Waals surface area (Å²) in [6.07, 6.45) is 1.60. The van der Waals surface area contributed by atoms with Crippen LogP contribution in [0.15, 0.2) is 46.0 Å². The lowest BCUT2D eigenvalue weighted by atomic mass is 10.3. The predicted molar refractivity (Wildman–Crippen MR) is 99.9 cm³/mol. The zero-order valence-electron chi connectivity index (χ0n) is 13.5. The smallest absolute Gasteiger partial charge is 0.155 e. The van der Waals surface area contributed by atoms with Crippen LogP contribution in [-0.4, -0.2) is 29.1 Å². The van der Waals surface area contributed by atoms with E-state index in [-0.39, 0.29) is 12.8 Å². The van der Waals surface area contributed by atoms with Crippen molar-refractivity contribution in [1.29, 1.82) is 0 Å². The third kappa shape index (κ3) is 4.92. The molecule has 1 aromatic heterocycles. The highest BCUT2D eigenvalue weighted by molar-refractivity contribution is 9.10. The molecule has 0 aliphatic heterocycles. The molecular formula is C16H18BrClN2O3S. The van der Waals surface area contributed by atoms with E-state index in [1.54, 1.807) is 34.6 Å². The number of pyridine rings is 1. The van der Waals surface area contributed by atoms with Crippen LogP contribution in [0, 0.1) is 0 Å². The number of ether oxygens (including phenoxy) is 2. The molecule has 0 aliphatic rings. The molecule has 0 fully saturated rings. The number of halogens is 2. The van der Waals surface area contributed by atoms with Gasteiger partial charge in [0.1, 0.15) is 17.1 Å². The highest BCUT2D eigenvalue weighted by Gasteiger charge is 2.20. The SMILES string of the molecule is COCN(c1cc(Cl)cnc1Br)S(=O)c1ccc(OC(C)C)cc1. The van der Waals surface area contributed by atoms with Crippen molar-refractivity contribution in [3.05, 3.63) is 46.2 Å². The van der Waals surface area contributed by atoms with E-state index in [4.69, 9.17) is 21.1 Å². The minimum Gasteiger partial charge on any atom is -0.491 e. The number of hydrogen-bond acceptors (Lipinski definition) is 4. The quantitative estimate of drug-likeness (QED) is 0.479. The van der Waals surface area contributed by atoms with E-state index < -0.39 is 11.0 Å². The average Bonchev–Trinajstić information content (AvgIpc) is 2.55. The van der Waals surface area contributed by atoms with Crippen LogP contribution in [0.25, 0.3) is 0 Å². The first-order chi connectivity index (χ1) is 11.4. The molecule has 130 valence electrons. The van der Waals surface area contributed by atoms with Crippen LogP contribution < -0.4 is 9.04 Å². The Hall–Kier alpha value is -1.15. The molecule has 0 saturated carbocycles. The van der Waals surface area contributed by atoms with Crippen LogP contribution in [0.4, 0.5) is 5.69 Å². The van der Waals surface area contributed by atoms with Gasteiger partial charge in [-0.05, 0) is 60.1 Å². The molecule has 0 amide bonds. The number of benzene rings is 1. The van der Waals surface area contributed by atoms with E-state index in [1.165, 1.54) is 13.3 Å². The zero-order chi connectivity index (χ0) is 17.7. The summed E-state index contributed by atoms with van der Waals surface area (Å²) in [7, 11) is 0.0499. The lowest BCUT2D eigenvalue weighted by Crippen LogP contribution is -2.28. The summed E-state index contributed by atoms with van der Waals surface area (Å²) in [6, 6.07) is 8.81. The molecule has 0 bridgehead atoms. The van der Waals surface area contributed by atoms with Crippen molar-refractivity contribution in [1.82, 2.24) is 4.98 Å². The van der Waals surface area contributed by atoms with E-state index in [2.05, 4.69) is 20.9 Å². The normalized spacial score (nSPS) is 12.2. The largest absolute Gasteiger partial charge is 0.491 e. The Morgan fingerprint density at radius 2 is 2.00 bits per heavy atom. The highest BCUT2D eigenvalue weighted by atomic mass is 79.9. The van der Waals surface area contributed by atoms with Gasteiger partial charge in [-0.3, -0.25) is 4.31 Å². The number of rotatable bonds is 7. The molecule has 0 radical (unpaired) electrons. The van der Waals surface area contributed by atoms with Crippen molar-refractivity contribution >= 4 is 44.2 Å². The van der Waals surface area contributed by atoms with Gasteiger partial charge in [-0.1, -0.05) is 11.6 Å². The summed E-state index contributed by atoms with van der Waals surface area (Å²) in [4.78, 5) is 4.76. The minimum absolute atomic E-state index is 0.0832. The standard InChI is InChI=1S/C16H18BrClN2O3S/c1-11(2)23-13-4-6-14(7-5-13)24(21)20(10-22-3)15-8-12(18)9-19-16(15)17/h4-9,11H,10H2,1-3H3. The first kappa shape index (κ1) is 19.2. The van der Waals surface area contributed by atoms with Gasteiger partial charge in [0.25, 0.3) is 0 Å². The van der Waals surface area contributed by atoms with E-state index in [0.29, 0.717) is 20.2 Å². The highest BCUT2D eigenvalue weighted by Crippen LogP contribution is 2.30. The molecule has 0 saturated heterocycles. The zero-order valence-corrected chi connectivity index (χ0v) is 16.7. The minimum atomic E-state index is -1.49. The first-order valence-corrected chi connectivity index (χ1v) is 9.46. The summed E-state index contributed by atoms with van der Waals surface area (Å²) in [6.45, 7) is 4.03. The molecule has 0 spiro atoms. The van der Waals surface area contributed by atoms with Gasteiger partial charge in [0.05, 0.1) is 21.7 Å². The molecule has 1 heterocycles. The third-order valence-corrected chi connectivity index (χ3v) is 5.10. The molecule has 0 aliphatic carbocycles. The van der Waals surface area contributed by atoms with Crippen molar-refractivity contribution in [2.75, 3.05) is 18.1 Å². The van der Waals surface area contributed by atoms with Gasteiger partial charge in [0.2, 0.25) is 0 Å². The fraction of sp³-hybridized carbons (Fsp3) is 0.312. The fourth-order valence-corrected chi connectivity index (χ4v) is 3.79. The maximum absolute atomic E-state index is 13.0. The van der Waals surface area contributed by atoms with Crippen LogP contribution in [0.3, 0.4) is 0 Å². The van der Waals surface area contributed by atoms with Gasteiger partial charge in [0, 0.05) is 13.3 Å². The van der Waals surface area contributed by atoms with Crippen molar-refractivity contribution in [2.45, 2.75) is 24.8 Å².